The van der Waals surface area contributed by atoms with Crippen molar-refractivity contribution in [3.63, 3.8) is 0 Å². The molecule has 0 bridgehead atoms. The Labute approximate surface area is 117 Å². The van der Waals surface area contributed by atoms with Crippen LogP contribution in [0.2, 0.25) is 5.02 Å². The number of rotatable bonds is 5. The first-order valence-electron chi connectivity index (χ1n) is 5.46. The lowest BCUT2D eigenvalue weighted by Gasteiger charge is -1.99. The summed E-state index contributed by atoms with van der Waals surface area (Å²) in [6.07, 6.45) is 0. The summed E-state index contributed by atoms with van der Waals surface area (Å²) in [7, 11) is 0. The molecule has 3 nitrogen and oxygen atoms in total. The van der Waals surface area contributed by atoms with Crippen LogP contribution in [0.5, 0.6) is 0 Å². The van der Waals surface area contributed by atoms with Gasteiger partial charge in [0, 0.05) is 17.1 Å². The van der Waals surface area contributed by atoms with Crippen LogP contribution in [0.3, 0.4) is 0 Å². The predicted molar refractivity (Wildman–Crippen MR) is 67.9 cm³/mol. The first-order chi connectivity index (χ1) is 8.29. The standard InChI is InChI=1S/C13H14ClNO2.ClH/c14-11-3-1-10(2-4-11)13-6-5-12(17-13)9-15-7-8-16;/h1-6,15-16H,7-9H2;1H/p-1. The second kappa shape index (κ2) is 7.44. The van der Waals surface area contributed by atoms with Crippen LogP contribution in [0.25, 0.3) is 11.3 Å². The smallest absolute Gasteiger partial charge is 0.134 e. The Balaban J connectivity index is 0.00000162. The number of hydrogen-bond acceptors (Lipinski definition) is 3. The summed E-state index contributed by atoms with van der Waals surface area (Å²) in [5.41, 5.74) is 1.00. The number of hydrogen-bond donors (Lipinski definition) is 2. The van der Waals surface area contributed by atoms with Gasteiger partial charge in [0.05, 0.1) is 13.2 Å². The Kier molecular flexibility index (Phi) is 6.22. The maximum Gasteiger partial charge on any atom is 0.134 e. The molecule has 0 aliphatic rings. The molecule has 1 aromatic carbocycles. The number of benzene rings is 1. The van der Waals surface area contributed by atoms with Gasteiger partial charge in [-0.3, -0.25) is 0 Å². The van der Waals surface area contributed by atoms with E-state index in [-0.39, 0.29) is 19.0 Å². The van der Waals surface area contributed by atoms with Crippen LogP contribution in [-0.2, 0) is 6.54 Å². The molecule has 0 atom stereocenters. The Bertz CT molecular complexity index is 468. The molecule has 0 amide bonds. The monoisotopic (exact) mass is 286 g/mol. The zero-order valence-corrected chi connectivity index (χ0v) is 11.2. The van der Waals surface area contributed by atoms with Crippen molar-refractivity contribution >= 4 is 11.6 Å². The third-order valence-corrected chi connectivity index (χ3v) is 2.63. The molecule has 0 aliphatic carbocycles. The quantitative estimate of drug-likeness (QED) is 0.741. The molecule has 98 valence electrons. The summed E-state index contributed by atoms with van der Waals surface area (Å²) in [5.74, 6) is 1.67. The van der Waals surface area contributed by atoms with Crippen LogP contribution in [0.15, 0.2) is 40.8 Å². The van der Waals surface area contributed by atoms with E-state index in [4.69, 9.17) is 21.1 Å². The topological polar surface area (TPSA) is 45.4 Å². The SMILES string of the molecule is OCCNCc1ccc(-c2ccc(Cl)cc2)o1.[Cl-]. The largest absolute Gasteiger partial charge is 1.00 e. The molecular weight excluding hydrogens is 273 g/mol. The van der Waals surface area contributed by atoms with Gasteiger partial charge in [0.1, 0.15) is 11.5 Å². The fourth-order valence-electron chi connectivity index (χ4n) is 1.53. The van der Waals surface area contributed by atoms with Gasteiger partial charge in [-0.1, -0.05) is 11.6 Å². The first kappa shape index (κ1) is 15.1. The highest BCUT2D eigenvalue weighted by Gasteiger charge is 2.04. The Hall–Kier alpha value is -1.00. The fourth-order valence-corrected chi connectivity index (χ4v) is 1.66. The molecule has 0 spiro atoms. The van der Waals surface area contributed by atoms with Gasteiger partial charge in [-0.15, -0.1) is 0 Å². The lowest BCUT2D eigenvalue weighted by Crippen LogP contribution is -3.00. The minimum absolute atomic E-state index is 0. The second-order valence-corrected chi connectivity index (χ2v) is 4.11. The van der Waals surface area contributed by atoms with Crippen LogP contribution in [-0.4, -0.2) is 18.3 Å². The van der Waals surface area contributed by atoms with E-state index in [1.54, 1.807) is 0 Å². The molecule has 0 fully saturated rings. The molecule has 1 heterocycles. The lowest BCUT2D eigenvalue weighted by molar-refractivity contribution is -0.00000501. The van der Waals surface area contributed by atoms with E-state index < -0.39 is 0 Å². The maximum atomic E-state index is 8.65. The highest BCUT2D eigenvalue weighted by Crippen LogP contribution is 2.23. The Morgan fingerprint density at radius 1 is 1.11 bits per heavy atom. The summed E-state index contributed by atoms with van der Waals surface area (Å²) >= 11 is 5.82. The van der Waals surface area contributed by atoms with Gasteiger partial charge < -0.3 is 27.2 Å². The number of halogens is 2. The average Bonchev–Trinajstić information content (AvgIpc) is 2.79. The van der Waals surface area contributed by atoms with E-state index in [2.05, 4.69) is 5.32 Å². The molecule has 0 aliphatic heterocycles. The Morgan fingerprint density at radius 2 is 1.83 bits per heavy atom. The molecule has 0 saturated heterocycles. The van der Waals surface area contributed by atoms with Crippen LogP contribution in [0.1, 0.15) is 5.76 Å². The van der Waals surface area contributed by atoms with E-state index in [9.17, 15) is 0 Å². The molecule has 0 unspecified atom stereocenters. The molecule has 0 radical (unpaired) electrons. The molecule has 5 heteroatoms. The average molecular weight is 287 g/mol. The van der Waals surface area contributed by atoms with E-state index in [0.29, 0.717) is 18.1 Å². The number of nitrogens with one attached hydrogen (secondary N) is 1. The third-order valence-electron chi connectivity index (χ3n) is 2.38. The first-order valence-corrected chi connectivity index (χ1v) is 5.83. The Morgan fingerprint density at radius 3 is 2.50 bits per heavy atom. The summed E-state index contributed by atoms with van der Waals surface area (Å²) in [6, 6.07) is 11.4. The molecule has 1 aromatic heterocycles. The zero-order valence-electron chi connectivity index (χ0n) is 9.70. The maximum absolute atomic E-state index is 8.65. The van der Waals surface area contributed by atoms with Crippen LogP contribution >= 0.6 is 11.6 Å². The fraction of sp³-hybridized carbons (Fsp3) is 0.231. The van der Waals surface area contributed by atoms with Gasteiger partial charge in [0.2, 0.25) is 0 Å². The second-order valence-electron chi connectivity index (χ2n) is 3.67. The third kappa shape index (κ3) is 4.03. The van der Waals surface area contributed by atoms with Crippen molar-refractivity contribution in [1.29, 1.82) is 0 Å². The van der Waals surface area contributed by atoms with Gasteiger partial charge >= 0.3 is 0 Å². The van der Waals surface area contributed by atoms with Crippen LogP contribution < -0.4 is 17.7 Å². The summed E-state index contributed by atoms with van der Waals surface area (Å²) < 4.78 is 5.67. The molecule has 18 heavy (non-hydrogen) atoms. The summed E-state index contributed by atoms with van der Waals surface area (Å²) in [6.45, 7) is 1.32. The van der Waals surface area contributed by atoms with Gasteiger partial charge in [-0.25, -0.2) is 0 Å². The number of aliphatic hydroxyl groups is 1. The van der Waals surface area contributed by atoms with E-state index in [1.165, 1.54) is 0 Å². The van der Waals surface area contributed by atoms with Gasteiger partial charge in [0.25, 0.3) is 0 Å². The van der Waals surface area contributed by atoms with Gasteiger partial charge in [-0.05, 0) is 36.4 Å². The minimum Gasteiger partial charge on any atom is -1.00 e. The lowest BCUT2D eigenvalue weighted by atomic mass is 10.2. The van der Waals surface area contributed by atoms with Crippen LogP contribution in [0, 0.1) is 0 Å². The van der Waals surface area contributed by atoms with E-state index >= 15 is 0 Å². The van der Waals surface area contributed by atoms with Crippen molar-refractivity contribution in [3.05, 3.63) is 47.2 Å². The normalized spacial score (nSPS) is 10.1. The van der Waals surface area contributed by atoms with Crippen molar-refractivity contribution in [2.24, 2.45) is 0 Å². The molecule has 2 aromatic rings. The van der Waals surface area contributed by atoms with Crippen molar-refractivity contribution in [3.8, 4) is 11.3 Å². The summed E-state index contributed by atoms with van der Waals surface area (Å²) in [5, 5.41) is 12.4. The van der Waals surface area contributed by atoms with Crippen molar-refractivity contribution in [2.45, 2.75) is 6.54 Å². The highest BCUT2D eigenvalue weighted by molar-refractivity contribution is 6.30. The van der Waals surface area contributed by atoms with Crippen LogP contribution in [0.4, 0.5) is 0 Å². The molecular formula is C13H14Cl2NO2-. The van der Waals surface area contributed by atoms with E-state index in [1.807, 2.05) is 36.4 Å². The zero-order chi connectivity index (χ0) is 12.1. The minimum atomic E-state index is 0. The summed E-state index contributed by atoms with van der Waals surface area (Å²) in [4.78, 5) is 0. The van der Waals surface area contributed by atoms with Crippen molar-refractivity contribution in [1.82, 2.24) is 5.32 Å². The number of furan rings is 1. The molecule has 2 N–H and O–H groups in total. The van der Waals surface area contributed by atoms with Crippen molar-refractivity contribution in [2.75, 3.05) is 13.2 Å². The van der Waals surface area contributed by atoms with Crippen molar-refractivity contribution < 1.29 is 21.9 Å². The molecule has 2 rings (SSSR count). The predicted octanol–water partition coefficient (Wildman–Crippen LogP) is -0.314. The molecule has 0 saturated carbocycles. The highest BCUT2D eigenvalue weighted by atomic mass is 35.5. The van der Waals surface area contributed by atoms with E-state index in [0.717, 1.165) is 17.1 Å². The van der Waals surface area contributed by atoms with Gasteiger partial charge in [0.15, 0.2) is 0 Å². The number of aliphatic hydroxyl groups excluding tert-OH is 1. The van der Waals surface area contributed by atoms with Gasteiger partial charge in [-0.2, -0.15) is 0 Å².